The predicted octanol–water partition coefficient (Wildman–Crippen LogP) is 3.32. The molecule has 0 aliphatic heterocycles. The third-order valence-electron chi connectivity index (χ3n) is 4.91. The van der Waals surface area contributed by atoms with Crippen LogP contribution < -0.4 is 21.9 Å². The third-order valence-corrected chi connectivity index (χ3v) is 4.91. The van der Waals surface area contributed by atoms with Gasteiger partial charge in [-0.15, -0.1) is 0 Å². The molecule has 0 bridgehead atoms. The average Bonchev–Trinajstić information content (AvgIpc) is 2.69. The maximum atomic E-state index is 13.1. The Bertz CT molecular complexity index is 1000. The number of nitrogens with two attached hydrogens (primary N) is 1. The van der Waals surface area contributed by atoms with Gasteiger partial charge in [0, 0.05) is 19.2 Å². The number of aryl methyl sites for hydroxylation is 1. The molecule has 1 heterocycles. The molecule has 0 saturated carbocycles. The second-order valence-electron chi connectivity index (χ2n) is 7.91. The lowest BCUT2D eigenvalue weighted by Gasteiger charge is -2.24. The van der Waals surface area contributed by atoms with Gasteiger partial charge in [0.1, 0.15) is 5.82 Å². The molecule has 0 spiro atoms. The quantitative estimate of drug-likeness (QED) is 0.617. The number of nitrogens with one attached hydrogen (secondary N) is 1. The van der Waals surface area contributed by atoms with Gasteiger partial charge in [0.05, 0.1) is 0 Å². The van der Waals surface area contributed by atoms with Crippen LogP contribution in [0.25, 0.3) is 6.08 Å². The van der Waals surface area contributed by atoms with Crippen molar-refractivity contribution in [3.63, 3.8) is 0 Å². The summed E-state index contributed by atoms with van der Waals surface area (Å²) in [7, 11) is 0. The van der Waals surface area contributed by atoms with E-state index in [1.807, 2.05) is 52.0 Å². The second kappa shape index (κ2) is 10.6. The Morgan fingerprint density at radius 3 is 2.50 bits per heavy atom. The number of aromatic amines is 1. The highest BCUT2D eigenvalue weighted by atomic mass is 16.2. The summed E-state index contributed by atoms with van der Waals surface area (Å²) in [5.74, 6) is -0.000150. The number of amides is 1. The number of anilines is 2. The van der Waals surface area contributed by atoms with Gasteiger partial charge < -0.3 is 10.6 Å². The summed E-state index contributed by atoms with van der Waals surface area (Å²) in [4.78, 5) is 41.6. The molecule has 0 atom stereocenters. The minimum absolute atomic E-state index is 0.0260. The summed E-state index contributed by atoms with van der Waals surface area (Å²) in [6.45, 7) is 8.79. The Hall–Kier alpha value is -3.09. The lowest BCUT2D eigenvalue weighted by Crippen LogP contribution is -2.41. The van der Waals surface area contributed by atoms with Gasteiger partial charge in [0.15, 0.2) is 5.69 Å². The Morgan fingerprint density at radius 1 is 1.23 bits per heavy atom. The molecule has 0 unspecified atom stereocenters. The molecule has 30 heavy (non-hydrogen) atoms. The molecule has 1 aromatic carbocycles. The molecule has 1 amide bonds. The highest BCUT2D eigenvalue weighted by Gasteiger charge is 2.23. The molecule has 2 rings (SSSR count). The zero-order valence-corrected chi connectivity index (χ0v) is 18.3. The maximum absolute atomic E-state index is 13.1. The number of nitrogen functional groups attached to an aromatic ring is 1. The Labute approximate surface area is 177 Å². The molecule has 0 radical (unpaired) electrons. The van der Waals surface area contributed by atoms with E-state index in [4.69, 9.17) is 5.73 Å². The predicted molar refractivity (Wildman–Crippen MR) is 123 cm³/mol. The average molecular weight is 413 g/mol. The zero-order valence-electron chi connectivity index (χ0n) is 18.3. The van der Waals surface area contributed by atoms with Crippen LogP contribution >= 0.6 is 0 Å². The van der Waals surface area contributed by atoms with Gasteiger partial charge in [-0.1, -0.05) is 57.0 Å². The van der Waals surface area contributed by atoms with E-state index in [-0.39, 0.29) is 17.4 Å². The number of nitrogens with zero attached hydrogens (tertiary/aromatic N) is 2. The molecular formula is C23H32N4O3. The summed E-state index contributed by atoms with van der Waals surface area (Å²) in [5.41, 5.74) is 7.06. The maximum Gasteiger partial charge on any atom is 0.330 e. The standard InChI is InChI=1S/C23H32N4O3/c1-5-6-14-27-21(24)20(22(29)25-23(27)30)26(15-13-16(2)3)19(28)12-11-18-9-7-17(4)8-10-18/h7-12,16H,5-6,13-15,24H2,1-4H3,(H,25,29,30)/b12-11+. The molecule has 162 valence electrons. The van der Waals surface area contributed by atoms with Crippen LogP contribution in [0.4, 0.5) is 11.5 Å². The fourth-order valence-electron chi connectivity index (χ4n) is 3.03. The van der Waals surface area contributed by atoms with Crippen molar-refractivity contribution in [1.29, 1.82) is 0 Å². The molecule has 0 saturated heterocycles. The molecule has 0 aliphatic carbocycles. The number of benzene rings is 1. The van der Waals surface area contributed by atoms with Crippen molar-refractivity contribution in [3.8, 4) is 0 Å². The number of carbonyl (C=O) groups excluding carboxylic acids is 1. The minimum atomic E-state index is -0.647. The Balaban J connectivity index is 2.45. The van der Waals surface area contributed by atoms with E-state index in [0.29, 0.717) is 25.4 Å². The number of unbranched alkanes of at least 4 members (excludes halogenated alkanes) is 1. The van der Waals surface area contributed by atoms with E-state index < -0.39 is 11.2 Å². The number of carbonyl (C=O) groups is 1. The van der Waals surface area contributed by atoms with Crippen LogP contribution in [-0.2, 0) is 11.3 Å². The van der Waals surface area contributed by atoms with Crippen molar-refractivity contribution >= 4 is 23.5 Å². The van der Waals surface area contributed by atoms with Crippen molar-refractivity contribution in [1.82, 2.24) is 9.55 Å². The van der Waals surface area contributed by atoms with Gasteiger partial charge in [0.25, 0.3) is 11.5 Å². The summed E-state index contributed by atoms with van der Waals surface area (Å²) in [6, 6.07) is 7.77. The molecule has 7 nitrogen and oxygen atoms in total. The summed E-state index contributed by atoms with van der Waals surface area (Å²) >= 11 is 0. The molecule has 3 N–H and O–H groups in total. The van der Waals surface area contributed by atoms with E-state index in [1.54, 1.807) is 6.08 Å². The fraction of sp³-hybridized carbons (Fsp3) is 0.435. The number of hydrogen-bond acceptors (Lipinski definition) is 4. The zero-order chi connectivity index (χ0) is 22.3. The molecule has 0 aliphatic rings. The fourth-order valence-corrected chi connectivity index (χ4v) is 3.03. The highest BCUT2D eigenvalue weighted by Crippen LogP contribution is 2.19. The lowest BCUT2D eigenvalue weighted by molar-refractivity contribution is -0.114. The van der Waals surface area contributed by atoms with Crippen LogP contribution in [0.15, 0.2) is 39.9 Å². The number of H-pyrrole nitrogens is 1. The van der Waals surface area contributed by atoms with Crippen LogP contribution in [-0.4, -0.2) is 22.0 Å². The molecule has 1 aromatic heterocycles. The monoisotopic (exact) mass is 412 g/mol. The Morgan fingerprint density at radius 2 is 1.90 bits per heavy atom. The highest BCUT2D eigenvalue weighted by molar-refractivity contribution is 6.05. The van der Waals surface area contributed by atoms with Gasteiger partial charge in [-0.05, 0) is 37.3 Å². The smallest absolute Gasteiger partial charge is 0.330 e. The van der Waals surface area contributed by atoms with Crippen LogP contribution in [0.3, 0.4) is 0 Å². The third kappa shape index (κ3) is 5.95. The first-order chi connectivity index (χ1) is 14.2. The van der Waals surface area contributed by atoms with Crippen LogP contribution in [0, 0.1) is 12.8 Å². The first-order valence-corrected chi connectivity index (χ1v) is 10.4. The number of rotatable bonds is 9. The van der Waals surface area contributed by atoms with Crippen molar-refractivity contribution in [2.75, 3.05) is 17.2 Å². The first kappa shape index (κ1) is 23.2. The van der Waals surface area contributed by atoms with E-state index in [0.717, 1.165) is 24.0 Å². The van der Waals surface area contributed by atoms with E-state index >= 15 is 0 Å². The van der Waals surface area contributed by atoms with Gasteiger partial charge in [-0.3, -0.25) is 19.1 Å². The van der Waals surface area contributed by atoms with Crippen LogP contribution in [0.2, 0.25) is 0 Å². The first-order valence-electron chi connectivity index (χ1n) is 10.4. The van der Waals surface area contributed by atoms with E-state index in [2.05, 4.69) is 4.98 Å². The second-order valence-corrected chi connectivity index (χ2v) is 7.91. The number of aromatic nitrogens is 2. The van der Waals surface area contributed by atoms with Crippen molar-refractivity contribution in [3.05, 3.63) is 62.3 Å². The summed E-state index contributed by atoms with van der Waals surface area (Å²) < 4.78 is 1.33. The van der Waals surface area contributed by atoms with E-state index in [1.165, 1.54) is 15.5 Å². The molecule has 0 fully saturated rings. The summed E-state index contributed by atoms with van der Waals surface area (Å²) in [6.07, 6.45) is 5.45. The topological polar surface area (TPSA) is 101 Å². The van der Waals surface area contributed by atoms with Crippen LogP contribution in [0.1, 0.15) is 51.2 Å². The van der Waals surface area contributed by atoms with Crippen molar-refractivity contribution in [2.24, 2.45) is 5.92 Å². The van der Waals surface area contributed by atoms with Crippen molar-refractivity contribution in [2.45, 2.75) is 53.5 Å². The summed E-state index contributed by atoms with van der Waals surface area (Å²) in [5, 5.41) is 0. The largest absolute Gasteiger partial charge is 0.383 e. The lowest BCUT2D eigenvalue weighted by atomic mass is 10.1. The van der Waals surface area contributed by atoms with Gasteiger partial charge in [-0.2, -0.15) is 0 Å². The Kier molecular flexibility index (Phi) is 8.21. The number of hydrogen-bond donors (Lipinski definition) is 2. The minimum Gasteiger partial charge on any atom is -0.383 e. The van der Waals surface area contributed by atoms with Crippen molar-refractivity contribution < 1.29 is 4.79 Å². The van der Waals surface area contributed by atoms with Crippen LogP contribution in [0.5, 0.6) is 0 Å². The normalized spacial score (nSPS) is 11.4. The molecule has 7 heteroatoms. The molecule has 2 aromatic rings. The molecular weight excluding hydrogens is 380 g/mol. The SMILES string of the molecule is CCCCn1c(N)c(N(CCC(C)C)C(=O)/C=C/c2ccc(C)cc2)c(=O)[nH]c1=O. The van der Waals surface area contributed by atoms with E-state index in [9.17, 15) is 14.4 Å². The van der Waals surface area contributed by atoms with Gasteiger partial charge in [-0.25, -0.2) is 4.79 Å². The van der Waals surface area contributed by atoms with Gasteiger partial charge in [0.2, 0.25) is 0 Å². The van der Waals surface area contributed by atoms with Gasteiger partial charge >= 0.3 is 5.69 Å².